The average molecular weight is 550 g/mol. The minimum atomic E-state index is -4.12. The number of carbonyl (C=O) groups excluding carboxylic acids is 2. The van der Waals surface area contributed by atoms with Crippen molar-refractivity contribution in [1.29, 1.82) is 0 Å². The largest absolute Gasteiger partial charge is 0.287 e. The van der Waals surface area contributed by atoms with Gasteiger partial charge in [0, 0.05) is 27.7 Å². The Bertz CT molecular complexity index is 1490. The molecular formula is C27H22BrN2O4S+. The van der Waals surface area contributed by atoms with Crippen molar-refractivity contribution in [3.05, 3.63) is 112 Å². The molecule has 35 heavy (non-hydrogen) atoms. The fourth-order valence-corrected chi connectivity index (χ4v) is 5.80. The van der Waals surface area contributed by atoms with Crippen molar-refractivity contribution in [2.75, 3.05) is 0 Å². The molecule has 0 bridgehead atoms. The van der Waals surface area contributed by atoms with E-state index in [1.54, 1.807) is 42.7 Å². The Balaban J connectivity index is 1.60. The van der Waals surface area contributed by atoms with Crippen LogP contribution in [0.25, 0.3) is 5.70 Å². The number of fused-ring (bicyclic) bond motifs is 1. The number of benzene rings is 2. The van der Waals surface area contributed by atoms with E-state index in [1.165, 1.54) is 22.8 Å². The number of halogens is 1. The van der Waals surface area contributed by atoms with Gasteiger partial charge in [-0.05, 0) is 55.0 Å². The molecule has 0 unspecified atom stereocenters. The normalized spacial score (nSPS) is 17.9. The summed E-state index contributed by atoms with van der Waals surface area (Å²) in [5.74, 6) is -0.583. The van der Waals surface area contributed by atoms with Crippen LogP contribution in [0.4, 0.5) is 0 Å². The van der Waals surface area contributed by atoms with E-state index in [4.69, 9.17) is 0 Å². The first kappa shape index (κ1) is 23.4. The molecule has 8 heteroatoms. The van der Waals surface area contributed by atoms with Crippen molar-refractivity contribution < 1.29 is 22.6 Å². The number of hydrogen-bond acceptors (Lipinski definition) is 4. The number of rotatable bonds is 5. The molecule has 3 aromatic rings. The maximum atomic E-state index is 13.5. The van der Waals surface area contributed by atoms with Gasteiger partial charge < -0.3 is 0 Å². The summed E-state index contributed by atoms with van der Waals surface area (Å²) in [5.41, 5.74) is 1.26. The van der Waals surface area contributed by atoms with E-state index in [1.807, 2.05) is 12.1 Å². The topological polar surface area (TPSA) is 84.2 Å². The summed E-state index contributed by atoms with van der Waals surface area (Å²) < 4.78 is 31.0. The number of allylic oxidation sites excluding steroid dienone is 4. The standard InChI is InChI=1S/C27H21BrN2O4S/c28-20-10-12-21(13-11-20)35(33,34)29-24-25(27(32)23-9-5-4-8-22(23)26(24)31)30-16-14-19(15-17-30)18-6-2-1-3-7-18/h1-2,4-5,8-18H,3,6-7H2/p+1/t18-/m1/s1. The molecule has 6 nitrogen and oxygen atoms in total. The fraction of sp³-hybridized carbons (Fsp3) is 0.148. The second-order valence-electron chi connectivity index (χ2n) is 8.51. The fourth-order valence-electron chi connectivity index (χ4n) is 4.47. The van der Waals surface area contributed by atoms with Gasteiger partial charge in [0.15, 0.2) is 18.1 Å². The van der Waals surface area contributed by atoms with Crippen LogP contribution < -0.4 is 9.29 Å². The van der Waals surface area contributed by atoms with Gasteiger partial charge >= 0.3 is 0 Å². The number of Topliss-reactive ketones (excluding diaryl/α,β-unsaturated/α-hetero) is 2. The maximum Gasteiger partial charge on any atom is 0.287 e. The zero-order valence-electron chi connectivity index (χ0n) is 18.6. The highest BCUT2D eigenvalue weighted by Crippen LogP contribution is 2.30. The van der Waals surface area contributed by atoms with E-state index in [0.717, 1.165) is 29.3 Å². The molecule has 1 heterocycles. The Kier molecular flexibility index (Phi) is 6.25. The molecular weight excluding hydrogens is 528 g/mol. The third-order valence-electron chi connectivity index (χ3n) is 6.31. The molecule has 176 valence electrons. The molecule has 5 rings (SSSR count). The Labute approximate surface area is 212 Å². The smallest absolute Gasteiger partial charge is 0.287 e. The van der Waals surface area contributed by atoms with Crippen LogP contribution in [0.1, 0.15) is 51.5 Å². The van der Waals surface area contributed by atoms with Gasteiger partial charge in [-0.15, -0.1) is 0 Å². The zero-order chi connectivity index (χ0) is 24.6. The second-order valence-corrected chi connectivity index (χ2v) is 11.1. The first-order valence-electron chi connectivity index (χ1n) is 11.2. The number of hydrogen-bond donors (Lipinski definition) is 1. The van der Waals surface area contributed by atoms with E-state index < -0.39 is 21.6 Å². The van der Waals surface area contributed by atoms with Crippen LogP contribution in [0.15, 0.2) is 100 Å². The molecule has 2 aliphatic carbocycles. The molecule has 2 aromatic carbocycles. The van der Waals surface area contributed by atoms with Gasteiger partial charge in [-0.2, -0.15) is 4.57 Å². The summed E-state index contributed by atoms with van der Waals surface area (Å²) in [6.07, 6.45) is 10.8. The van der Waals surface area contributed by atoms with E-state index in [9.17, 15) is 18.0 Å². The molecule has 1 atom stereocenters. The van der Waals surface area contributed by atoms with Crippen molar-refractivity contribution >= 4 is 43.2 Å². The van der Waals surface area contributed by atoms with E-state index in [-0.39, 0.29) is 27.4 Å². The summed E-state index contributed by atoms with van der Waals surface area (Å²) in [4.78, 5) is 27.0. The number of nitrogens with one attached hydrogen (secondary N) is 1. The molecule has 1 aromatic heterocycles. The molecule has 2 aliphatic rings. The van der Waals surface area contributed by atoms with Crippen LogP contribution in [0, 0.1) is 0 Å². The number of nitrogens with zero attached hydrogens (tertiary/aromatic N) is 1. The van der Waals surface area contributed by atoms with Crippen molar-refractivity contribution in [1.82, 2.24) is 4.72 Å². The number of pyridine rings is 1. The number of carbonyl (C=O) groups is 2. The summed E-state index contributed by atoms with van der Waals surface area (Å²) in [7, 11) is -4.12. The predicted octanol–water partition coefficient (Wildman–Crippen LogP) is 4.79. The monoisotopic (exact) mass is 549 g/mol. The predicted molar refractivity (Wildman–Crippen MR) is 135 cm³/mol. The van der Waals surface area contributed by atoms with E-state index >= 15 is 0 Å². The summed E-state index contributed by atoms with van der Waals surface area (Å²) in [5, 5.41) is 0. The summed E-state index contributed by atoms with van der Waals surface area (Å²) in [6, 6.07) is 16.4. The molecule has 0 fully saturated rings. The lowest BCUT2D eigenvalue weighted by Gasteiger charge is -2.19. The van der Waals surface area contributed by atoms with Crippen molar-refractivity contribution in [3.63, 3.8) is 0 Å². The number of ketones is 2. The first-order valence-corrected chi connectivity index (χ1v) is 13.5. The maximum absolute atomic E-state index is 13.5. The minimum Gasteiger partial charge on any atom is -0.287 e. The average Bonchev–Trinajstić information content (AvgIpc) is 2.88. The summed E-state index contributed by atoms with van der Waals surface area (Å²) >= 11 is 3.29. The van der Waals surface area contributed by atoms with E-state index in [2.05, 4.69) is 32.8 Å². The van der Waals surface area contributed by atoms with Gasteiger partial charge in [0.25, 0.3) is 21.5 Å². The van der Waals surface area contributed by atoms with Gasteiger partial charge in [-0.25, -0.2) is 8.42 Å². The van der Waals surface area contributed by atoms with Gasteiger partial charge in [0.2, 0.25) is 5.78 Å². The Morgan fingerprint density at radius 1 is 0.857 bits per heavy atom. The Morgan fingerprint density at radius 2 is 1.51 bits per heavy atom. The van der Waals surface area contributed by atoms with Crippen LogP contribution in [0.2, 0.25) is 0 Å². The SMILES string of the molecule is O=C1C(NS(=O)(=O)c2ccc(Br)cc2)=C([n+]2ccc([C@@H]3CC=CCC3)cc2)C(=O)c2ccccc21. The highest BCUT2D eigenvalue weighted by molar-refractivity contribution is 9.10. The number of sulfonamides is 1. The second kappa shape index (κ2) is 9.36. The third kappa shape index (κ3) is 4.51. The van der Waals surface area contributed by atoms with E-state index in [0.29, 0.717) is 5.92 Å². The Morgan fingerprint density at radius 3 is 2.14 bits per heavy atom. The van der Waals surface area contributed by atoms with Crippen LogP contribution in [-0.2, 0) is 10.0 Å². The highest BCUT2D eigenvalue weighted by atomic mass is 79.9. The molecule has 0 aliphatic heterocycles. The van der Waals surface area contributed by atoms with Gasteiger partial charge in [-0.3, -0.25) is 14.3 Å². The van der Waals surface area contributed by atoms with Gasteiger partial charge in [0.05, 0.1) is 4.90 Å². The number of aromatic nitrogens is 1. The van der Waals surface area contributed by atoms with Crippen molar-refractivity contribution in [2.24, 2.45) is 0 Å². The molecule has 0 saturated heterocycles. The first-order chi connectivity index (χ1) is 16.8. The lowest BCUT2D eigenvalue weighted by molar-refractivity contribution is -0.577. The van der Waals surface area contributed by atoms with Crippen molar-refractivity contribution in [2.45, 2.75) is 30.1 Å². The van der Waals surface area contributed by atoms with Crippen LogP contribution >= 0.6 is 15.9 Å². The van der Waals surface area contributed by atoms with Crippen LogP contribution in [0.5, 0.6) is 0 Å². The lowest BCUT2D eigenvalue weighted by Crippen LogP contribution is -2.44. The zero-order valence-corrected chi connectivity index (χ0v) is 21.1. The highest BCUT2D eigenvalue weighted by Gasteiger charge is 2.40. The van der Waals surface area contributed by atoms with Gasteiger partial charge in [0.1, 0.15) is 0 Å². The molecule has 0 spiro atoms. The molecule has 0 radical (unpaired) electrons. The summed E-state index contributed by atoms with van der Waals surface area (Å²) in [6.45, 7) is 0. The molecule has 1 N–H and O–H groups in total. The molecule has 0 saturated carbocycles. The Hall–Kier alpha value is -3.36. The third-order valence-corrected chi connectivity index (χ3v) is 8.20. The van der Waals surface area contributed by atoms with Crippen LogP contribution in [0.3, 0.4) is 0 Å². The van der Waals surface area contributed by atoms with Crippen molar-refractivity contribution in [3.8, 4) is 0 Å². The van der Waals surface area contributed by atoms with Crippen LogP contribution in [-0.4, -0.2) is 20.0 Å². The van der Waals surface area contributed by atoms with Gasteiger partial charge in [-0.1, -0.05) is 52.3 Å². The quantitative estimate of drug-likeness (QED) is 0.366. The lowest BCUT2D eigenvalue weighted by atomic mass is 9.88. The molecule has 0 amide bonds. The minimum absolute atomic E-state index is 0.0163.